The maximum atomic E-state index is 14.0. The number of benzene rings is 2. The molecule has 4 rings (SSSR count). The summed E-state index contributed by atoms with van der Waals surface area (Å²) in [5.74, 6) is -2.19. The molecule has 0 aliphatic rings. The SMILES string of the molecule is Cc1oc([C@@H](Cc2cn(C)c3ccccc23)NC(=O)[C@H](CC(C)C)NC(=O)Nc2ccccc2F)nc1C(=O)O. The second kappa shape index (κ2) is 12.0. The van der Waals surface area contributed by atoms with Gasteiger partial charge in [0.25, 0.3) is 0 Å². The number of urea groups is 1. The van der Waals surface area contributed by atoms with Gasteiger partial charge in [0.2, 0.25) is 11.8 Å². The molecule has 0 aliphatic carbocycles. The van der Waals surface area contributed by atoms with E-state index in [1.54, 1.807) is 6.07 Å². The Hall–Kier alpha value is -4.67. The van der Waals surface area contributed by atoms with Gasteiger partial charge in [-0.05, 0) is 43.0 Å². The Balaban J connectivity index is 1.61. The molecular formula is C29H32FN5O5. The highest BCUT2D eigenvalue weighted by Crippen LogP contribution is 2.27. The highest BCUT2D eigenvalue weighted by atomic mass is 19.1. The first-order chi connectivity index (χ1) is 19.0. The van der Waals surface area contributed by atoms with Gasteiger partial charge in [-0.15, -0.1) is 0 Å². The molecule has 0 saturated carbocycles. The van der Waals surface area contributed by atoms with Crippen molar-refractivity contribution in [1.82, 2.24) is 20.2 Å². The molecule has 40 heavy (non-hydrogen) atoms. The van der Waals surface area contributed by atoms with Gasteiger partial charge in [0, 0.05) is 30.6 Å². The Labute approximate surface area is 230 Å². The maximum absolute atomic E-state index is 14.0. The van der Waals surface area contributed by atoms with Gasteiger partial charge in [0.15, 0.2) is 5.69 Å². The molecule has 210 valence electrons. The normalized spacial score (nSPS) is 12.8. The number of para-hydroxylation sites is 2. The van der Waals surface area contributed by atoms with Crippen LogP contribution in [-0.4, -0.2) is 38.6 Å². The molecule has 3 amide bonds. The fourth-order valence-corrected chi connectivity index (χ4v) is 4.63. The molecule has 10 nitrogen and oxygen atoms in total. The third-order valence-corrected chi connectivity index (χ3v) is 6.48. The summed E-state index contributed by atoms with van der Waals surface area (Å²) >= 11 is 0. The molecule has 2 aromatic carbocycles. The van der Waals surface area contributed by atoms with Crippen molar-refractivity contribution in [2.75, 3.05) is 5.32 Å². The van der Waals surface area contributed by atoms with Crippen molar-refractivity contribution in [3.8, 4) is 0 Å². The van der Waals surface area contributed by atoms with E-state index >= 15 is 0 Å². The van der Waals surface area contributed by atoms with E-state index in [2.05, 4.69) is 20.9 Å². The van der Waals surface area contributed by atoms with Gasteiger partial charge < -0.3 is 30.0 Å². The van der Waals surface area contributed by atoms with Gasteiger partial charge in [0.1, 0.15) is 23.7 Å². The van der Waals surface area contributed by atoms with Crippen molar-refractivity contribution in [2.24, 2.45) is 13.0 Å². The van der Waals surface area contributed by atoms with E-state index < -0.39 is 35.8 Å². The molecular weight excluding hydrogens is 517 g/mol. The summed E-state index contributed by atoms with van der Waals surface area (Å²) in [5.41, 5.74) is 1.62. The minimum Gasteiger partial charge on any atom is -0.476 e. The smallest absolute Gasteiger partial charge is 0.358 e. The number of hydrogen-bond donors (Lipinski definition) is 4. The molecule has 4 aromatic rings. The van der Waals surface area contributed by atoms with Crippen molar-refractivity contribution in [3.05, 3.63) is 83.5 Å². The second-order valence-electron chi connectivity index (χ2n) is 10.1. The molecule has 0 bridgehead atoms. The molecule has 0 unspecified atom stereocenters. The summed E-state index contributed by atoms with van der Waals surface area (Å²) in [6.07, 6.45) is 2.48. The predicted octanol–water partition coefficient (Wildman–Crippen LogP) is 4.95. The van der Waals surface area contributed by atoms with Crippen LogP contribution in [-0.2, 0) is 18.3 Å². The van der Waals surface area contributed by atoms with Crippen molar-refractivity contribution >= 4 is 34.5 Å². The molecule has 0 radical (unpaired) electrons. The summed E-state index contributed by atoms with van der Waals surface area (Å²) in [4.78, 5) is 42.1. The van der Waals surface area contributed by atoms with Gasteiger partial charge in [0.05, 0.1) is 5.69 Å². The van der Waals surface area contributed by atoms with Crippen LogP contribution in [0.1, 0.15) is 54.0 Å². The van der Waals surface area contributed by atoms with Gasteiger partial charge >= 0.3 is 12.0 Å². The third kappa shape index (κ3) is 6.48. The fraction of sp³-hybridized carbons (Fsp3) is 0.310. The van der Waals surface area contributed by atoms with Crippen LogP contribution in [0.2, 0.25) is 0 Å². The number of aryl methyl sites for hydroxylation is 2. The monoisotopic (exact) mass is 549 g/mol. The third-order valence-electron chi connectivity index (χ3n) is 6.48. The number of aromatic carboxylic acids is 1. The average Bonchev–Trinajstić information content (AvgIpc) is 3.44. The molecule has 0 spiro atoms. The Morgan fingerprint density at radius 1 is 1.07 bits per heavy atom. The molecule has 4 N–H and O–H groups in total. The number of hydrogen-bond acceptors (Lipinski definition) is 5. The molecule has 2 atom stereocenters. The number of oxazole rings is 1. The molecule has 0 saturated heterocycles. The van der Waals surface area contributed by atoms with Crippen molar-refractivity contribution in [1.29, 1.82) is 0 Å². The molecule has 0 fully saturated rings. The van der Waals surface area contributed by atoms with E-state index in [0.29, 0.717) is 6.42 Å². The molecule has 2 aromatic heterocycles. The van der Waals surface area contributed by atoms with Crippen LogP contribution in [0.25, 0.3) is 10.9 Å². The minimum absolute atomic E-state index is 0.0194. The van der Waals surface area contributed by atoms with Crippen LogP contribution in [0, 0.1) is 18.7 Å². The number of nitrogens with zero attached hydrogens (tertiary/aromatic N) is 2. The highest BCUT2D eigenvalue weighted by Gasteiger charge is 2.30. The first-order valence-corrected chi connectivity index (χ1v) is 12.9. The second-order valence-corrected chi connectivity index (χ2v) is 10.1. The van der Waals surface area contributed by atoms with E-state index in [4.69, 9.17) is 4.42 Å². The van der Waals surface area contributed by atoms with Crippen molar-refractivity contribution in [2.45, 2.75) is 45.7 Å². The Morgan fingerprint density at radius 3 is 2.45 bits per heavy atom. The quantitative estimate of drug-likeness (QED) is 0.221. The number of carbonyl (C=O) groups is 3. The number of halogens is 1. The lowest BCUT2D eigenvalue weighted by Crippen LogP contribution is -2.49. The van der Waals surface area contributed by atoms with Crippen LogP contribution in [0.3, 0.4) is 0 Å². The highest BCUT2D eigenvalue weighted by molar-refractivity contribution is 5.94. The van der Waals surface area contributed by atoms with Crippen LogP contribution in [0.15, 0.2) is 59.1 Å². The standard InChI is InChI=1S/C29H32FN5O5/c1-16(2)13-22(33-29(39)32-21-11-7-6-10-20(21)30)26(36)31-23(27-34-25(28(37)38)17(3)40-27)14-18-15-35(4)24-12-8-5-9-19(18)24/h5-12,15-16,22-23H,13-14H2,1-4H3,(H,31,36)(H,37,38)(H2,32,33,39)/t22-,23+/m0/s1. The van der Waals surface area contributed by atoms with Gasteiger partial charge in [-0.3, -0.25) is 4.79 Å². The predicted molar refractivity (Wildman–Crippen MR) is 148 cm³/mol. The summed E-state index contributed by atoms with van der Waals surface area (Å²) in [6.45, 7) is 5.30. The first kappa shape index (κ1) is 28.3. The number of aromatic nitrogens is 2. The number of nitrogens with one attached hydrogen (secondary N) is 3. The number of carbonyl (C=O) groups excluding carboxylic acids is 2. The zero-order chi connectivity index (χ0) is 29.0. The Morgan fingerprint density at radius 2 is 1.77 bits per heavy atom. The van der Waals surface area contributed by atoms with Gasteiger partial charge in [-0.2, -0.15) is 0 Å². The van der Waals surface area contributed by atoms with E-state index in [1.165, 1.54) is 25.1 Å². The van der Waals surface area contributed by atoms with Gasteiger partial charge in [-0.1, -0.05) is 44.2 Å². The number of carboxylic acids is 1. The van der Waals surface area contributed by atoms with E-state index in [0.717, 1.165) is 16.5 Å². The molecule has 0 aliphatic heterocycles. The van der Waals surface area contributed by atoms with Crippen LogP contribution < -0.4 is 16.0 Å². The van der Waals surface area contributed by atoms with E-state index in [-0.39, 0.29) is 35.4 Å². The average molecular weight is 550 g/mol. The zero-order valence-electron chi connectivity index (χ0n) is 22.7. The summed E-state index contributed by atoms with van der Waals surface area (Å²) < 4.78 is 21.7. The topological polar surface area (TPSA) is 138 Å². The van der Waals surface area contributed by atoms with Crippen LogP contribution >= 0.6 is 0 Å². The largest absolute Gasteiger partial charge is 0.476 e. The summed E-state index contributed by atoms with van der Waals surface area (Å²) in [5, 5.41) is 18.5. The number of rotatable bonds is 10. The number of carboxylic acid groups (broad SMARTS) is 1. The van der Waals surface area contributed by atoms with Crippen molar-refractivity contribution in [3.63, 3.8) is 0 Å². The van der Waals surface area contributed by atoms with Crippen LogP contribution in [0.5, 0.6) is 0 Å². The lowest BCUT2D eigenvalue weighted by molar-refractivity contribution is -0.124. The fourth-order valence-electron chi connectivity index (χ4n) is 4.63. The lowest BCUT2D eigenvalue weighted by atomic mass is 10.0. The van der Waals surface area contributed by atoms with Crippen LogP contribution in [0.4, 0.5) is 14.9 Å². The molecule has 11 heteroatoms. The van der Waals surface area contributed by atoms with E-state index in [1.807, 2.05) is 55.9 Å². The number of fused-ring (bicyclic) bond motifs is 1. The first-order valence-electron chi connectivity index (χ1n) is 12.9. The number of amides is 3. The Bertz CT molecular complexity index is 1540. The minimum atomic E-state index is -1.24. The molecule has 2 heterocycles. The zero-order valence-corrected chi connectivity index (χ0v) is 22.7. The Kier molecular flexibility index (Phi) is 8.52. The van der Waals surface area contributed by atoms with Gasteiger partial charge in [-0.25, -0.2) is 19.0 Å². The summed E-state index contributed by atoms with van der Waals surface area (Å²) in [7, 11) is 1.91. The van der Waals surface area contributed by atoms with E-state index in [9.17, 15) is 23.9 Å². The van der Waals surface area contributed by atoms with Crippen molar-refractivity contribution < 1.29 is 28.3 Å². The maximum Gasteiger partial charge on any atom is 0.358 e. The number of anilines is 1. The lowest BCUT2D eigenvalue weighted by Gasteiger charge is -2.23. The summed E-state index contributed by atoms with van der Waals surface area (Å²) in [6, 6.07) is 10.9.